The lowest BCUT2D eigenvalue weighted by Gasteiger charge is -1.97. The van der Waals surface area contributed by atoms with Crippen molar-refractivity contribution in [2.45, 2.75) is 0 Å². The third-order valence-corrected chi connectivity index (χ3v) is 3.54. The van der Waals surface area contributed by atoms with Gasteiger partial charge in [0.15, 0.2) is 0 Å². The Kier molecular flexibility index (Phi) is 2.94. The molecule has 0 radical (unpaired) electrons. The number of carboxylic acids is 1. The number of carboxylic acid groups (broad SMARTS) is 1. The minimum atomic E-state index is -0.998. The Morgan fingerprint density at radius 1 is 1.00 bits per heavy atom. The summed E-state index contributed by atoms with van der Waals surface area (Å²) in [6.45, 7) is 0. The van der Waals surface area contributed by atoms with Crippen LogP contribution in [0.2, 0.25) is 0 Å². The highest BCUT2D eigenvalue weighted by Gasteiger charge is 2.14. The van der Waals surface area contributed by atoms with Gasteiger partial charge in [0.05, 0.1) is 5.56 Å². The molecule has 0 aliphatic heterocycles. The number of aromatic nitrogens is 3. The largest absolute Gasteiger partial charge is 0.478 e. The molecule has 0 fully saturated rings. The molecule has 2 aromatic carbocycles. The van der Waals surface area contributed by atoms with Gasteiger partial charge in [-0.3, -0.25) is 0 Å². The molecule has 0 atom stereocenters. The highest BCUT2D eigenvalue weighted by Crippen LogP contribution is 2.26. The van der Waals surface area contributed by atoms with Crippen molar-refractivity contribution < 1.29 is 14.3 Å². The van der Waals surface area contributed by atoms with Crippen LogP contribution in [0.4, 0.5) is 0 Å². The minimum Gasteiger partial charge on any atom is -0.478 e. The Bertz CT molecular complexity index is 984. The molecule has 0 amide bonds. The van der Waals surface area contributed by atoms with Gasteiger partial charge in [0.25, 0.3) is 5.89 Å². The Labute approximate surface area is 130 Å². The lowest BCUT2D eigenvalue weighted by atomic mass is 10.1. The van der Waals surface area contributed by atoms with Crippen LogP contribution in [0.3, 0.4) is 0 Å². The summed E-state index contributed by atoms with van der Waals surface area (Å²) >= 11 is 0. The van der Waals surface area contributed by atoms with Crippen LogP contribution in [0, 0.1) is 0 Å². The number of fused-ring (bicyclic) bond motifs is 1. The number of aromatic amines is 1. The van der Waals surface area contributed by atoms with E-state index in [2.05, 4.69) is 15.2 Å². The van der Waals surface area contributed by atoms with Crippen molar-refractivity contribution in [1.29, 1.82) is 0 Å². The smallest absolute Gasteiger partial charge is 0.335 e. The third kappa shape index (κ3) is 2.36. The van der Waals surface area contributed by atoms with Crippen LogP contribution in [0.15, 0.2) is 59.0 Å². The quantitative estimate of drug-likeness (QED) is 0.603. The summed E-state index contributed by atoms with van der Waals surface area (Å²) in [4.78, 5) is 14.3. The van der Waals surface area contributed by atoms with Gasteiger partial charge >= 0.3 is 5.97 Å². The number of H-pyrrole nitrogens is 1. The van der Waals surface area contributed by atoms with Crippen LogP contribution in [-0.4, -0.2) is 26.3 Å². The number of benzene rings is 2. The molecule has 2 heterocycles. The predicted octanol–water partition coefficient (Wildman–Crippen LogP) is 3.58. The first-order valence-electron chi connectivity index (χ1n) is 6.96. The topological polar surface area (TPSA) is 92.0 Å². The standard InChI is InChI=1S/C17H11N3O3/c21-17(22)12-6-3-5-11(8-12)15-19-20-16(23-15)14-9-10-4-1-2-7-13(10)18-14/h1-9,18H,(H,21,22). The fraction of sp³-hybridized carbons (Fsp3) is 0. The molecular weight excluding hydrogens is 294 g/mol. The van der Waals surface area contributed by atoms with Crippen molar-refractivity contribution in [3.8, 4) is 23.0 Å². The van der Waals surface area contributed by atoms with Gasteiger partial charge in [0.1, 0.15) is 5.69 Å². The monoisotopic (exact) mass is 305 g/mol. The highest BCUT2D eigenvalue weighted by atomic mass is 16.4. The van der Waals surface area contributed by atoms with Crippen molar-refractivity contribution in [2.75, 3.05) is 0 Å². The van der Waals surface area contributed by atoms with Gasteiger partial charge in [-0.25, -0.2) is 4.79 Å². The lowest BCUT2D eigenvalue weighted by Crippen LogP contribution is -1.95. The normalized spacial score (nSPS) is 11.0. The van der Waals surface area contributed by atoms with Gasteiger partial charge in [-0.05, 0) is 30.3 Å². The van der Waals surface area contributed by atoms with Crippen molar-refractivity contribution in [3.63, 3.8) is 0 Å². The van der Waals surface area contributed by atoms with Gasteiger partial charge in [-0.2, -0.15) is 0 Å². The van der Waals surface area contributed by atoms with E-state index in [4.69, 9.17) is 9.52 Å². The van der Waals surface area contributed by atoms with Crippen molar-refractivity contribution in [2.24, 2.45) is 0 Å². The molecule has 0 spiro atoms. The van der Waals surface area contributed by atoms with E-state index in [1.54, 1.807) is 12.1 Å². The van der Waals surface area contributed by atoms with Crippen LogP contribution >= 0.6 is 0 Å². The predicted molar refractivity (Wildman–Crippen MR) is 84.0 cm³/mol. The maximum absolute atomic E-state index is 11.0. The number of nitrogens with zero attached hydrogens (tertiary/aromatic N) is 2. The average molecular weight is 305 g/mol. The van der Waals surface area contributed by atoms with E-state index in [1.807, 2.05) is 30.3 Å². The van der Waals surface area contributed by atoms with Crippen LogP contribution < -0.4 is 0 Å². The molecule has 0 saturated carbocycles. The Balaban J connectivity index is 1.74. The zero-order valence-electron chi connectivity index (χ0n) is 11.9. The van der Waals surface area contributed by atoms with E-state index in [9.17, 15) is 4.79 Å². The molecule has 112 valence electrons. The minimum absolute atomic E-state index is 0.174. The molecule has 0 aliphatic rings. The van der Waals surface area contributed by atoms with Crippen LogP contribution in [0.5, 0.6) is 0 Å². The third-order valence-electron chi connectivity index (χ3n) is 3.54. The maximum atomic E-state index is 11.0. The summed E-state index contributed by atoms with van der Waals surface area (Å²) in [5, 5.41) is 18.1. The number of carbonyl (C=O) groups is 1. The van der Waals surface area contributed by atoms with Crippen molar-refractivity contribution in [3.05, 3.63) is 60.2 Å². The summed E-state index contributed by atoms with van der Waals surface area (Å²) in [7, 11) is 0. The van der Waals surface area contributed by atoms with Gasteiger partial charge in [-0.1, -0.05) is 24.3 Å². The molecule has 0 aliphatic carbocycles. The van der Waals surface area contributed by atoms with E-state index in [0.717, 1.165) is 16.6 Å². The zero-order valence-corrected chi connectivity index (χ0v) is 11.9. The van der Waals surface area contributed by atoms with Gasteiger partial charge < -0.3 is 14.5 Å². The molecule has 6 heteroatoms. The first-order chi connectivity index (χ1) is 11.2. The SMILES string of the molecule is O=C(O)c1cccc(-c2nnc(-c3cc4ccccc4[nH]3)o2)c1. The molecule has 23 heavy (non-hydrogen) atoms. The molecule has 4 rings (SSSR count). The van der Waals surface area contributed by atoms with E-state index < -0.39 is 5.97 Å². The molecule has 6 nitrogen and oxygen atoms in total. The first kappa shape index (κ1) is 13.3. The number of nitrogens with one attached hydrogen (secondary N) is 1. The van der Waals surface area contributed by atoms with Gasteiger partial charge in [0, 0.05) is 16.5 Å². The summed E-state index contributed by atoms with van der Waals surface area (Å²) in [5.74, 6) is -0.360. The second-order valence-electron chi connectivity index (χ2n) is 5.07. The van der Waals surface area contributed by atoms with E-state index in [0.29, 0.717) is 11.5 Å². The molecule has 0 unspecified atom stereocenters. The molecule has 4 aromatic rings. The van der Waals surface area contributed by atoms with E-state index in [-0.39, 0.29) is 11.5 Å². The van der Waals surface area contributed by atoms with Crippen molar-refractivity contribution in [1.82, 2.24) is 15.2 Å². The summed E-state index contributed by atoms with van der Waals surface area (Å²) in [6, 6.07) is 16.2. The Morgan fingerprint density at radius 2 is 1.83 bits per heavy atom. The Hall–Kier alpha value is -3.41. The average Bonchev–Trinajstić information content (AvgIpc) is 3.21. The molecule has 2 N–H and O–H groups in total. The van der Waals surface area contributed by atoms with Crippen LogP contribution in [-0.2, 0) is 0 Å². The first-order valence-corrected chi connectivity index (χ1v) is 6.96. The summed E-state index contributed by atoms with van der Waals surface area (Å²) < 4.78 is 5.67. The fourth-order valence-electron chi connectivity index (χ4n) is 2.42. The van der Waals surface area contributed by atoms with Crippen LogP contribution in [0.25, 0.3) is 33.9 Å². The van der Waals surface area contributed by atoms with E-state index in [1.165, 1.54) is 12.1 Å². The summed E-state index contributed by atoms with van der Waals surface area (Å²) in [5.41, 5.74) is 2.45. The Morgan fingerprint density at radius 3 is 2.65 bits per heavy atom. The second-order valence-corrected chi connectivity index (χ2v) is 5.07. The lowest BCUT2D eigenvalue weighted by molar-refractivity contribution is 0.0697. The highest BCUT2D eigenvalue weighted by molar-refractivity contribution is 5.89. The molecule has 0 bridgehead atoms. The van der Waals surface area contributed by atoms with E-state index >= 15 is 0 Å². The maximum Gasteiger partial charge on any atom is 0.335 e. The van der Waals surface area contributed by atoms with Gasteiger partial charge in [0.2, 0.25) is 5.89 Å². The second kappa shape index (κ2) is 5.10. The molecular formula is C17H11N3O3. The summed E-state index contributed by atoms with van der Waals surface area (Å²) in [6.07, 6.45) is 0. The number of hydrogen-bond acceptors (Lipinski definition) is 4. The number of para-hydroxylation sites is 1. The van der Waals surface area contributed by atoms with Crippen molar-refractivity contribution >= 4 is 16.9 Å². The fourth-order valence-corrected chi connectivity index (χ4v) is 2.42. The number of aromatic carboxylic acids is 1. The molecule has 0 saturated heterocycles. The zero-order chi connectivity index (χ0) is 15.8. The van der Waals surface area contributed by atoms with Gasteiger partial charge in [-0.15, -0.1) is 10.2 Å². The number of hydrogen-bond donors (Lipinski definition) is 2. The molecule has 2 aromatic heterocycles. The number of rotatable bonds is 3. The van der Waals surface area contributed by atoms with Crippen LogP contribution in [0.1, 0.15) is 10.4 Å².